The van der Waals surface area contributed by atoms with Gasteiger partial charge in [-0.1, -0.05) is 12.1 Å². The van der Waals surface area contributed by atoms with Crippen LogP contribution < -0.4 is 19.5 Å². The molecule has 1 saturated heterocycles. The van der Waals surface area contributed by atoms with E-state index in [-0.39, 0.29) is 18.4 Å². The molecule has 0 atom stereocenters. The number of carbonyl (C=O) groups excluding carboxylic acids is 1. The molecule has 3 aromatic rings. The number of hydrogen-bond donors (Lipinski definition) is 1. The molecule has 1 N–H and O–H groups in total. The van der Waals surface area contributed by atoms with E-state index in [0.717, 1.165) is 54.5 Å². The number of likely N-dealkylation sites (tertiary alicyclic amines) is 1. The zero-order chi connectivity index (χ0) is 23.9. The molecule has 0 radical (unpaired) electrons. The minimum atomic E-state index is 0.0235. The number of ether oxygens (including phenoxy) is 3. The van der Waals surface area contributed by atoms with Crippen LogP contribution in [0.5, 0.6) is 17.2 Å². The smallest absolute Gasteiger partial charge is 0.226 e. The summed E-state index contributed by atoms with van der Waals surface area (Å²) in [6.45, 7) is 2.82. The summed E-state index contributed by atoms with van der Waals surface area (Å²) in [6, 6.07) is 14.1. The third-order valence-corrected chi connectivity index (χ3v) is 6.96. The SMILES string of the molecule is COc1cccc(CN2CCC(NC(=O)Cc3csc(-c4ccc(OC)c(OC)c4)n3)CC2)c1. The average molecular weight is 482 g/mol. The molecule has 1 aliphatic rings. The van der Waals surface area contributed by atoms with E-state index in [2.05, 4.69) is 27.3 Å². The van der Waals surface area contributed by atoms with Crippen LogP contribution in [0.15, 0.2) is 47.8 Å². The van der Waals surface area contributed by atoms with Crippen LogP contribution in [0, 0.1) is 0 Å². The molecule has 0 saturated carbocycles. The van der Waals surface area contributed by atoms with Gasteiger partial charge in [-0.05, 0) is 48.7 Å². The molecule has 0 aliphatic carbocycles. The molecule has 2 heterocycles. The molecule has 7 nitrogen and oxygen atoms in total. The fourth-order valence-corrected chi connectivity index (χ4v) is 5.01. The van der Waals surface area contributed by atoms with Gasteiger partial charge in [0.25, 0.3) is 0 Å². The quantitative estimate of drug-likeness (QED) is 0.495. The van der Waals surface area contributed by atoms with Crippen molar-refractivity contribution in [2.75, 3.05) is 34.4 Å². The number of nitrogens with zero attached hydrogens (tertiary/aromatic N) is 2. The summed E-state index contributed by atoms with van der Waals surface area (Å²) >= 11 is 1.52. The third-order valence-electron chi connectivity index (χ3n) is 6.02. The Morgan fingerprint density at radius 3 is 2.59 bits per heavy atom. The van der Waals surface area contributed by atoms with Gasteiger partial charge in [0.1, 0.15) is 10.8 Å². The van der Waals surface area contributed by atoms with Gasteiger partial charge in [-0.15, -0.1) is 11.3 Å². The molecule has 180 valence electrons. The number of thiazole rings is 1. The molecule has 0 bridgehead atoms. The van der Waals surface area contributed by atoms with Gasteiger partial charge < -0.3 is 19.5 Å². The van der Waals surface area contributed by atoms with Crippen molar-refractivity contribution in [3.8, 4) is 27.8 Å². The maximum atomic E-state index is 12.6. The highest BCUT2D eigenvalue weighted by atomic mass is 32.1. The van der Waals surface area contributed by atoms with E-state index in [1.807, 2.05) is 35.7 Å². The highest BCUT2D eigenvalue weighted by Gasteiger charge is 2.21. The van der Waals surface area contributed by atoms with Gasteiger partial charge in [0, 0.05) is 36.6 Å². The maximum absolute atomic E-state index is 12.6. The number of hydrogen-bond acceptors (Lipinski definition) is 7. The summed E-state index contributed by atoms with van der Waals surface area (Å²) in [6.07, 6.45) is 2.18. The Bertz CT molecular complexity index is 1110. The number of rotatable bonds is 9. The van der Waals surface area contributed by atoms with Crippen molar-refractivity contribution in [2.45, 2.75) is 31.8 Å². The summed E-state index contributed by atoms with van der Waals surface area (Å²) in [5, 5.41) is 6.00. The fourth-order valence-electron chi connectivity index (χ4n) is 4.20. The first-order valence-electron chi connectivity index (χ1n) is 11.4. The van der Waals surface area contributed by atoms with Gasteiger partial charge in [0.2, 0.25) is 5.91 Å². The van der Waals surface area contributed by atoms with Gasteiger partial charge >= 0.3 is 0 Å². The molecule has 34 heavy (non-hydrogen) atoms. The third kappa shape index (κ3) is 6.07. The highest BCUT2D eigenvalue weighted by molar-refractivity contribution is 7.13. The van der Waals surface area contributed by atoms with E-state index in [1.165, 1.54) is 16.9 Å². The van der Waals surface area contributed by atoms with Gasteiger partial charge in [0.05, 0.1) is 33.4 Å². The van der Waals surface area contributed by atoms with Crippen LogP contribution in [0.2, 0.25) is 0 Å². The molecular weight excluding hydrogens is 450 g/mol. The maximum Gasteiger partial charge on any atom is 0.226 e. The Morgan fingerprint density at radius 1 is 1.06 bits per heavy atom. The molecule has 1 amide bonds. The van der Waals surface area contributed by atoms with E-state index in [1.54, 1.807) is 21.3 Å². The molecule has 0 spiro atoms. The lowest BCUT2D eigenvalue weighted by molar-refractivity contribution is -0.121. The second kappa shape index (κ2) is 11.4. The van der Waals surface area contributed by atoms with Crippen LogP contribution in [0.1, 0.15) is 24.1 Å². The Balaban J connectivity index is 1.26. The van der Waals surface area contributed by atoms with Crippen LogP contribution in [0.4, 0.5) is 0 Å². The molecule has 1 fully saturated rings. The lowest BCUT2D eigenvalue weighted by Crippen LogP contribution is -2.44. The number of piperidine rings is 1. The standard InChI is InChI=1S/C26H31N3O4S/c1-31-22-6-4-5-18(13-22)16-29-11-9-20(10-12-29)27-25(30)15-21-17-34-26(28-21)19-7-8-23(32-2)24(14-19)33-3/h4-8,13-14,17,20H,9-12,15-16H2,1-3H3,(H,27,30). The van der Waals surface area contributed by atoms with Gasteiger partial charge in [0.15, 0.2) is 11.5 Å². The van der Waals surface area contributed by atoms with Crippen molar-refractivity contribution < 1.29 is 19.0 Å². The first-order chi connectivity index (χ1) is 16.6. The first kappa shape index (κ1) is 24.0. The fraction of sp³-hybridized carbons (Fsp3) is 0.385. The Morgan fingerprint density at radius 2 is 1.85 bits per heavy atom. The molecule has 0 unspecified atom stereocenters. The van der Waals surface area contributed by atoms with E-state index >= 15 is 0 Å². The lowest BCUT2D eigenvalue weighted by Gasteiger charge is -2.32. The number of methoxy groups -OCH3 is 3. The van der Waals surface area contributed by atoms with Crippen LogP contribution >= 0.6 is 11.3 Å². The Labute approximate surface area is 204 Å². The summed E-state index contributed by atoms with van der Waals surface area (Å²) in [5.74, 6) is 2.25. The number of carbonyl (C=O) groups is 1. The van der Waals surface area contributed by atoms with E-state index < -0.39 is 0 Å². The van der Waals surface area contributed by atoms with E-state index in [4.69, 9.17) is 14.2 Å². The summed E-state index contributed by atoms with van der Waals surface area (Å²) in [7, 11) is 4.92. The van der Waals surface area contributed by atoms with E-state index in [9.17, 15) is 4.79 Å². The van der Waals surface area contributed by atoms with Crippen molar-refractivity contribution in [1.82, 2.24) is 15.2 Å². The second-order valence-corrected chi connectivity index (χ2v) is 9.22. The lowest BCUT2D eigenvalue weighted by atomic mass is 10.0. The molecule has 4 rings (SSSR count). The van der Waals surface area contributed by atoms with Crippen LogP contribution in [-0.2, 0) is 17.8 Å². The monoisotopic (exact) mass is 481 g/mol. The number of benzene rings is 2. The van der Waals surface area contributed by atoms with Gasteiger partial charge in [-0.3, -0.25) is 9.69 Å². The van der Waals surface area contributed by atoms with Gasteiger partial charge in [-0.25, -0.2) is 4.98 Å². The first-order valence-corrected chi connectivity index (χ1v) is 12.3. The molecule has 1 aromatic heterocycles. The number of amides is 1. The van der Waals surface area contributed by atoms with Crippen LogP contribution in [0.25, 0.3) is 10.6 Å². The molecule has 2 aromatic carbocycles. The second-order valence-electron chi connectivity index (χ2n) is 8.36. The predicted octanol–water partition coefficient (Wildman–Crippen LogP) is 4.16. The average Bonchev–Trinajstić information content (AvgIpc) is 3.33. The largest absolute Gasteiger partial charge is 0.497 e. The van der Waals surface area contributed by atoms with Crippen molar-refractivity contribution in [3.63, 3.8) is 0 Å². The minimum Gasteiger partial charge on any atom is -0.497 e. The van der Waals surface area contributed by atoms with E-state index in [0.29, 0.717) is 11.5 Å². The molecule has 1 aliphatic heterocycles. The van der Waals surface area contributed by atoms with Crippen molar-refractivity contribution in [2.24, 2.45) is 0 Å². The minimum absolute atomic E-state index is 0.0235. The Hall–Kier alpha value is -3.10. The highest BCUT2D eigenvalue weighted by Crippen LogP contribution is 2.33. The van der Waals surface area contributed by atoms with Gasteiger partial charge in [-0.2, -0.15) is 0 Å². The summed E-state index contributed by atoms with van der Waals surface area (Å²) in [4.78, 5) is 19.7. The topological polar surface area (TPSA) is 72.9 Å². The van der Waals surface area contributed by atoms with Crippen molar-refractivity contribution in [3.05, 3.63) is 59.1 Å². The summed E-state index contributed by atoms with van der Waals surface area (Å²) in [5.41, 5.74) is 2.97. The summed E-state index contributed by atoms with van der Waals surface area (Å²) < 4.78 is 16.0. The predicted molar refractivity (Wildman–Crippen MR) is 134 cm³/mol. The zero-order valence-electron chi connectivity index (χ0n) is 19.9. The van der Waals surface area contributed by atoms with Crippen LogP contribution in [-0.4, -0.2) is 56.3 Å². The Kier molecular flexibility index (Phi) is 8.03. The normalized spacial score (nSPS) is 14.6. The number of aromatic nitrogens is 1. The molecular formula is C26H31N3O4S. The van der Waals surface area contributed by atoms with Crippen LogP contribution in [0.3, 0.4) is 0 Å². The number of nitrogens with one attached hydrogen (secondary N) is 1. The van der Waals surface area contributed by atoms with Crippen molar-refractivity contribution >= 4 is 17.2 Å². The molecule has 8 heteroatoms. The van der Waals surface area contributed by atoms with Crippen molar-refractivity contribution in [1.29, 1.82) is 0 Å². The zero-order valence-corrected chi connectivity index (χ0v) is 20.7.